The number of imidazole rings is 1. The number of nitrogens with zero attached hydrogens (tertiary/aromatic N) is 6. The molecule has 0 aliphatic carbocycles. The molecule has 0 bridgehead atoms. The normalized spacial score (nSPS) is 11.0. The molecular weight excluding hydrogens is 700 g/mol. The first-order valence-corrected chi connectivity index (χ1v) is 15.7. The molecule has 0 unspecified atom stereocenters. The van der Waals surface area contributed by atoms with Gasteiger partial charge in [0.2, 0.25) is 35.5 Å². The number of rotatable bonds is 16. The number of anilines is 1. The summed E-state index contributed by atoms with van der Waals surface area (Å²) in [5.74, 6) is -4.41. The second kappa shape index (κ2) is 17.1. The van der Waals surface area contributed by atoms with Crippen molar-refractivity contribution in [1.82, 2.24) is 49.5 Å². The van der Waals surface area contributed by atoms with Gasteiger partial charge in [0.05, 0.1) is 19.4 Å². The molecule has 0 radical (unpaired) electrons. The third-order valence-corrected chi connectivity index (χ3v) is 7.49. The number of nitrogen functional groups attached to an aromatic ring is 1. The predicted octanol–water partition coefficient (Wildman–Crippen LogP) is -3.94. The summed E-state index contributed by atoms with van der Waals surface area (Å²) >= 11 is 0. The Hall–Kier alpha value is -7.26. The number of H-pyrrole nitrogens is 2. The average molecular weight is 737 g/mol. The Morgan fingerprint density at radius 3 is 2.25 bits per heavy atom. The van der Waals surface area contributed by atoms with Crippen molar-refractivity contribution in [2.75, 3.05) is 45.0 Å². The third kappa shape index (κ3) is 10.6. The largest absolute Gasteiger partial charge is 0.504 e. The zero-order chi connectivity index (χ0) is 38.8. The Bertz CT molecular complexity index is 2250. The molecule has 22 heteroatoms. The van der Waals surface area contributed by atoms with Crippen LogP contribution in [-0.4, -0.2) is 118 Å². The SMILES string of the molecule is Cc1cn(CC(=O)N(CCNC(=O)CN(CCNC(=O)/C=C/c2ccc(O)c(O)c2)C(=O)Cn2cnc3c(=O)[nH]c(N)nc32)CC(N)=O)c(=O)[nH]c1=O. The van der Waals surface area contributed by atoms with Gasteiger partial charge in [-0.15, -0.1) is 0 Å². The number of carbonyl (C=O) groups excluding carboxylic acids is 5. The van der Waals surface area contributed by atoms with Crippen LogP contribution < -0.4 is 38.9 Å². The highest BCUT2D eigenvalue weighted by atomic mass is 16.3. The fourth-order valence-electron chi connectivity index (χ4n) is 4.83. The van der Waals surface area contributed by atoms with Crippen LogP contribution in [0, 0.1) is 6.92 Å². The predicted molar refractivity (Wildman–Crippen MR) is 186 cm³/mol. The van der Waals surface area contributed by atoms with E-state index in [0.29, 0.717) is 5.56 Å². The molecule has 4 rings (SSSR count). The molecule has 10 N–H and O–H groups in total. The van der Waals surface area contributed by atoms with Crippen LogP contribution in [0.3, 0.4) is 0 Å². The van der Waals surface area contributed by atoms with Gasteiger partial charge in [0.25, 0.3) is 11.1 Å². The van der Waals surface area contributed by atoms with Crippen LogP contribution in [0.15, 0.2) is 51.2 Å². The third-order valence-electron chi connectivity index (χ3n) is 7.49. The lowest BCUT2D eigenvalue weighted by Crippen LogP contribution is -2.48. The number of aromatic amines is 2. The van der Waals surface area contributed by atoms with Crippen LogP contribution in [0.4, 0.5) is 5.95 Å². The Morgan fingerprint density at radius 2 is 1.57 bits per heavy atom. The molecule has 3 heterocycles. The van der Waals surface area contributed by atoms with Crippen molar-refractivity contribution in [3.8, 4) is 11.5 Å². The molecule has 0 atom stereocenters. The number of nitrogens with one attached hydrogen (secondary N) is 4. The summed E-state index contributed by atoms with van der Waals surface area (Å²) in [4.78, 5) is 114. The first-order valence-electron chi connectivity index (χ1n) is 15.7. The highest BCUT2D eigenvalue weighted by molar-refractivity contribution is 5.92. The summed E-state index contributed by atoms with van der Waals surface area (Å²) in [5, 5.41) is 24.2. The summed E-state index contributed by atoms with van der Waals surface area (Å²) in [6, 6.07) is 3.95. The molecule has 280 valence electrons. The van der Waals surface area contributed by atoms with Gasteiger partial charge in [-0.1, -0.05) is 6.07 Å². The van der Waals surface area contributed by atoms with Gasteiger partial charge in [0.1, 0.15) is 13.1 Å². The molecule has 0 spiro atoms. The van der Waals surface area contributed by atoms with Crippen molar-refractivity contribution >= 4 is 52.7 Å². The van der Waals surface area contributed by atoms with Gasteiger partial charge in [-0.05, 0) is 30.7 Å². The monoisotopic (exact) mass is 736 g/mol. The standard InChI is InChI=1S/C31H36N12O10/c1-17-11-42(31(53)39-28(17)51)14-24(49)40(12-21(32)46)8-7-35-23(48)13-41(9-6-34-22(47)5-3-18-2-4-19(44)20(45)10-18)25(50)15-43-16-36-26-27(43)37-30(33)38-29(26)52/h2-5,10-11,16,44-45H,6-9,12-15H2,1H3,(H2,32,46)(H,34,47)(H,35,48)(H,39,51,53)(H3,33,37,38,52)/b5-3+. The van der Waals surface area contributed by atoms with E-state index < -0.39 is 72.5 Å². The van der Waals surface area contributed by atoms with Crippen molar-refractivity contribution in [3.63, 3.8) is 0 Å². The molecule has 3 aromatic heterocycles. The average Bonchev–Trinajstić information content (AvgIpc) is 3.48. The van der Waals surface area contributed by atoms with Gasteiger partial charge < -0.3 is 46.7 Å². The number of carbonyl (C=O) groups is 5. The summed E-state index contributed by atoms with van der Waals surface area (Å²) < 4.78 is 2.20. The topological polar surface area (TPSA) is 327 Å². The van der Waals surface area contributed by atoms with E-state index >= 15 is 0 Å². The Balaban J connectivity index is 1.41. The molecule has 4 aromatic rings. The minimum absolute atomic E-state index is 0.0150. The van der Waals surface area contributed by atoms with Crippen LogP contribution in [0.25, 0.3) is 17.2 Å². The summed E-state index contributed by atoms with van der Waals surface area (Å²) in [7, 11) is 0. The summed E-state index contributed by atoms with van der Waals surface area (Å²) in [6.07, 6.45) is 4.92. The van der Waals surface area contributed by atoms with E-state index in [1.54, 1.807) is 0 Å². The van der Waals surface area contributed by atoms with Crippen LogP contribution in [-0.2, 0) is 37.1 Å². The maximum Gasteiger partial charge on any atom is 0.328 e. The zero-order valence-electron chi connectivity index (χ0n) is 28.2. The lowest BCUT2D eigenvalue weighted by Gasteiger charge is -2.24. The molecule has 53 heavy (non-hydrogen) atoms. The van der Waals surface area contributed by atoms with Gasteiger partial charge in [-0.3, -0.25) is 48.1 Å². The number of aromatic nitrogens is 6. The Morgan fingerprint density at radius 1 is 0.906 bits per heavy atom. The minimum Gasteiger partial charge on any atom is -0.504 e. The van der Waals surface area contributed by atoms with E-state index in [1.807, 2.05) is 0 Å². The van der Waals surface area contributed by atoms with Gasteiger partial charge in [-0.2, -0.15) is 4.98 Å². The number of aromatic hydroxyl groups is 2. The van der Waals surface area contributed by atoms with E-state index in [9.17, 15) is 48.6 Å². The van der Waals surface area contributed by atoms with E-state index in [4.69, 9.17) is 11.5 Å². The minimum atomic E-state index is -0.866. The molecule has 0 aliphatic heterocycles. The van der Waals surface area contributed by atoms with Crippen molar-refractivity contribution in [2.24, 2.45) is 5.73 Å². The van der Waals surface area contributed by atoms with E-state index in [-0.39, 0.29) is 60.4 Å². The quantitative estimate of drug-likeness (QED) is 0.0403. The number of hydrogen-bond acceptors (Lipinski definition) is 13. The molecule has 0 fully saturated rings. The lowest BCUT2D eigenvalue weighted by molar-refractivity contribution is -0.137. The van der Waals surface area contributed by atoms with E-state index in [0.717, 1.165) is 20.4 Å². The van der Waals surface area contributed by atoms with Gasteiger partial charge in [0, 0.05) is 44.0 Å². The number of fused-ring (bicyclic) bond motifs is 1. The molecule has 1 aromatic carbocycles. The molecule has 22 nitrogen and oxygen atoms in total. The second-order valence-corrected chi connectivity index (χ2v) is 11.5. The number of phenolic OH excluding ortho intramolecular Hbond substituents is 2. The van der Waals surface area contributed by atoms with Gasteiger partial charge >= 0.3 is 5.69 Å². The van der Waals surface area contributed by atoms with Crippen molar-refractivity contribution in [2.45, 2.75) is 20.0 Å². The van der Waals surface area contributed by atoms with Gasteiger partial charge in [0.15, 0.2) is 22.7 Å². The highest BCUT2D eigenvalue weighted by Gasteiger charge is 2.21. The Kier molecular flexibility index (Phi) is 12.4. The van der Waals surface area contributed by atoms with Crippen molar-refractivity contribution in [1.29, 1.82) is 0 Å². The molecule has 0 aliphatic rings. The number of hydrogen-bond donors (Lipinski definition) is 8. The fourth-order valence-corrected chi connectivity index (χ4v) is 4.83. The zero-order valence-corrected chi connectivity index (χ0v) is 28.2. The fraction of sp³-hybridized carbons (Fsp3) is 0.290. The van der Waals surface area contributed by atoms with Crippen LogP contribution in [0.5, 0.6) is 11.5 Å². The molecule has 0 saturated carbocycles. The number of amides is 5. The van der Waals surface area contributed by atoms with Crippen LogP contribution >= 0.6 is 0 Å². The maximum absolute atomic E-state index is 13.5. The molecular formula is C31H36N12O10. The second-order valence-electron chi connectivity index (χ2n) is 11.5. The van der Waals surface area contributed by atoms with Crippen LogP contribution in [0.2, 0.25) is 0 Å². The first kappa shape index (κ1) is 38.5. The summed E-state index contributed by atoms with van der Waals surface area (Å²) in [6.45, 7) is -1.32. The first-order chi connectivity index (χ1) is 25.1. The Labute approximate surface area is 297 Å². The molecule has 5 amide bonds. The number of phenols is 2. The van der Waals surface area contributed by atoms with Crippen molar-refractivity contribution in [3.05, 3.63) is 79.1 Å². The number of primary amides is 1. The van der Waals surface area contributed by atoms with E-state index in [2.05, 4.69) is 30.6 Å². The molecule has 0 saturated heterocycles. The maximum atomic E-state index is 13.5. The van der Waals surface area contributed by atoms with E-state index in [1.165, 1.54) is 48.3 Å². The summed E-state index contributed by atoms with van der Waals surface area (Å²) in [5.41, 5.74) is 9.38. The smallest absolute Gasteiger partial charge is 0.328 e. The highest BCUT2D eigenvalue weighted by Crippen LogP contribution is 2.25. The lowest BCUT2D eigenvalue weighted by atomic mass is 10.2. The van der Waals surface area contributed by atoms with Crippen LogP contribution in [0.1, 0.15) is 11.1 Å². The number of nitrogens with two attached hydrogens (primary N) is 2. The number of benzene rings is 1. The van der Waals surface area contributed by atoms with Gasteiger partial charge in [-0.25, -0.2) is 9.78 Å². The van der Waals surface area contributed by atoms with Crippen molar-refractivity contribution < 1.29 is 34.2 Å². The number of aryl methyl sites for hydroxylation is 1.